The number of benzene rings is 1. The first-order valence-electron chi connectivity index (χ1n) is 3.76. The van der Waals surface area contributed by atoms with E-state index in [-0.39, 0.29) is 5.56 Å². The highest BCUT2D eigenvalue weighted by Gasteiger charge is 2.26. The number of hydrogen-bond acceptors (Lipinski definition) is 1. The topological polar surface area (TPSA) is 37.3 Å². The van der Waals surface area contributed by atoms with Gasteiger partial charge in [-0.3, -0.25) is 0 Å². The van der Waals surface area contributed by atoms with Gasteiger partial charge >= 0.3 is 5.97 Å². The second-order valence-corrected chi connectivity index (χ2v) is 2.84. The van der Waals surface area contributed by atoms with Crippen molar-refractivity contribution in [1.29, 1.82) is 0 Å². The number of carboxylic acids is 1. The molecule has 0 aliphatic heterocycles. The molecule has 0 aliphatic rings. The van der Waals surface area contributed by atoms with Crippen molar-refractivity contribution in [3.63, 3.8) is 0 Å². The van der Waals surface area contributed by atoms with Gasteiger partial charge in [0.1, 0.15) is 11.6 Å². The molecule has 5 heteroatoms. The second kappa shape index (κ2) is 3.69. The van der Waals surface area contributed by atoms with Crippen molar-refractivity contribution < 1.29 is 23.1 Å². The van der Waals surface area contributed by atoms with Crippen LogP contribution in [0.2, 0.25) is 0 Å². The zero-order chi connectivity index (χ0) is 10.9. The molecule has 0 spiro atoms. The zero-order valence-corrected chi connectivity index (χ0v) is 7.22. The predicted molar refractivity (Wildman–Crippen MR) is 42.6 cm³/mol. The highest BCUT2D eigenvalue weighted by atomic mass is 19.2. The van der Waals surface area contributed by atoms with Gasteiger partial charge in [0.05, 0.1) is 5.56 Å². The van der Waals surface area contributed by atoms with E-state index in [2.05, 4.69) is 0 Å². The molecule has 0 radical (unpaired) electrons. The van der Waals surface area contributed by atoms with Gasteiger partial charge in [0.15, 0.2) is 0 Å². The molecule has 0 bridgehead atoms. The molecule has 1 aromatic carbocycles. The van der Waals surface area contributed by atoms with E-state index < -0.39 is 29.3 Å². The van der Waals surface area contributed by atoms with E-state index in [1.54, 1.807) is 0 Å². The fraction of sp³-hybridized carbons (Fsp3) is 0.222. The maximum absolute atomic E-state index is 13.0. The first kappa shape index (κ1) is 10.6. The van der Waals surface area contributed by atoms with Crippen LogP contribution >= 0.6 is 0 Å². The van der Waals surface area contributed by atoms with E-state index in [0.717, 1.165) is 12.1 Å². The van der Waals surface area contributed by atoms with Gasteiger partial charge in [-0.05, 0) is 24.6 Å². The number of halogens is 3. The summed E-state index contributed by atoms with van der Waals surface area (Å²) in [5.41, 5.74) is -0.788. The molecular weight excluding hydrogens is 197 g/mol. The lowest BCUT2D eigenvalue weighted by Crippen LogP contribution is -2.10. The number of aliphatic carboxylic acids is 1. The van der Waals surface area contributed by atoms with Crippen molar-refractivity contribution in [2.24, 2.45) is 0 Å². The van der Waals surface area contributed by atoms with Gasteiger partial charge in [-0.2, -0.15) is 0 Å². The van der Waals surface area contributed by atoms with Crippen molar-refractivity contribution in [2.75, 3.05) is 0 Å². The summed E-state index contributed by atoms with van der Waals surface area (Å²) in [5.74, 6) is -4.28. The molecule has 0 fully saturated rings. The van der Waals surface area contributed by atoms with Crippen LogP contribution < -0.4 is 0 Å². The summed E-state index contributed by atoms with van der Waals surface area (Å²) >= 11 is 0. The molecule has 0 aromatic heterocycles. The third kappa shape index (κ3) is 1.86. The monoisotopic (exact) mass is 204 g/mol. The van der Waals surface area contributed by atoms with E-state index >= 15 is 0 Å². The first-order valence-corrected chi connectivity index (χ1v) is 3.76. The second-order valence-electron chi connectivity index (χ2n) is 2.84. The molecule has 14 heavy (non-hydrogen) atoms. The van der Waals surface area contributed by atoms with Crippen LogP contribution in [0.3, 0.4) is 0 Å². The molecule has 0 aliphatic carbocycles. The van der Waals surface area contributed by atoms with Crippen molar-refractivity contribution in [3.05, 3.63) is 34.9 Å². The summed E-state index contributed by atoms with van der Waals surface area (Å²) in [4.78, 5) is 10.2. The molecule has 1 N–H and O–H groups in total. The van der Waals surface area contributed by atoms with Crippen LogP contribution in [-0.4, -0.2) is 11.1 Å². The fourth-order valence-corrected chi connectivity index (χ4v) is 1.08. The number of rotatable bonds is 2. The molecule has 0 heterocycles. The van der Waals surface area contributed by atoms with Crippen LogP contribution in [0.4, 0.5) is 13.2 Å². The Morgan fingerprint density at radius 1 is 1.36 bits per heavy atom. The summed E-state index contributed by atoms with van der Waals surface area (Å²) in [5, 5.41) is 8.25. The van der Waals surface area contributed by atoms with E-state index in [0.29, 0.717) is 0 Å². The highest BCUT2D eigenvalue weighted by Crippen LogP contribution is 2.25. The Morgan fingerprint density at radius 3 is 2.14 bits per heavy atom. The predicted octanol–water partition coefficient (Wildman–Crippen LogP) is 2.37. The first-order chi connectivity index (χ1) is 6.43. The average molecular weight is 204 g/mol. The summed E-state index contributed by atoms with van der Waals surface area (Å²) < 4.78 is 38.8. The highest BCUT2D eigenvalue weighted by molar-refractivity contribution is 5.74. The van der Waals surface area contributed by atoms with Crippen LogP contribution in [0.25, 0.3) is 0 Å². The SMILES string of the molecule is Cc1cc(F)c(C(F)C(=O)O)c(F)c1. The van der Waals surface area contributed by atoms with Crippen molar-refractivity contribution in [1.82, 2.24) is 0 Å². The Kier molecular flexibility index (Phi) is 2.78. The Hall–Kier alpha value is -1.52. The molecular formula is C9H7F3O2. The lowest BCUT2D eigenvalue weighted by Gasteiger charge is -2.07. The van der Waals surface area contributed by atoms with Gasteiger partial charge in [0.2, 0.25) is 6.17 Å². The van der Waals surface area contributed by atoms with E-state index in [4.69, 9.17) is 5.11 Å². The minimum Gasteiger partial charge on any atom is -0.479 e. The molecule has 0 amide bonds. The molecule has 76 valence electrons. The van der Waals surface area contributed by atoms with Crippen molar-refractivity contribution in [3.8, 4) is 0 Å². The van der Waals surface area contributed by atoms with E-state index in [1.165, 1.54) is 6.92 Å². The lowest BCUT2D eigenvalue weighted by molar-refractivity contribution is -0.143. The Bertz CT molecular complexity index is 353. The van der Waals surface area contributed by atoms with Gasteiger partial charge in [-0.1, -0.05) is 0 Å². The summed E-state index contributed by atoms with van der Waals surface area (Å²) in [6.45, 7) is 1.42. The number of carboxylic acid groups (broad SMARTS) is 1. The smallest absolute Gasteiger partial charge is 0.343 e. The maximum atomic E-state index is 13.0. The summed E-state index contributed by atoms with van der Waals surface area (Å²) in [7, 11) is 0. The quantitative estimate of drug-likeness (QED) is 0.802. The number of carbonyl (C=O) groups is 1. The third-order valence-electron chi connectivity index (χ3n) is 1.69. The van der Waals surface area contributed by atoms with Crippen LogP contribution in [-0.2, 0) is 4.79 Å². The third-order valence-corrected chi connectivity index (χ3v) is 1.69. The zero-order valence-electron chi connectivity index (χ0n) is 7.22. The molecule has 1 aromatic rings. The van der Waals surface area contributed by atoms with Crippen LogP contribution in [0.1, 0.15) is 17.3 Å². The number of hydrogen-bond donors (Lipinski definition) is 1. The molecule has 0 saturated carbocycles. The van der Waals surface area contributed by atoms with Gasteiger partial charge in [0, 0.05) is 0 Å². The number of aryl methyl sites for hydroxylation is 1. The Morgan fingerprint density at radius 2 is 1.79 bits per heavy atom. The van der Waals surface area contributed by atoms with Gasteiger partial charge in [0.25, 0.3) is 0 Å². The van der Waals surface area contributed by atoms with Crippen LogP contribution in [0.5, 0.6) is 0 Å². The largest absolute Gasteiger partial charge is 0.479 e. The van der Waals surface area contributed by atoms with Gasteiger partial charge in [-0.15, -0.1) is 0 Å². The Labute approximate surface area is 78.0 Å². The molecule has 1 unspecified atom stereocenters. The maximum Gasteiger partial charge on any atom is 0.343 e. The minimum atomic E-state index is -2.67. The Balaban J connectivity index is 3.27. The standard InChI is InChI=1S/C9H7F3O2/c1-4-2-5(10)7(6(11)3-4)8(12)9(13)14/h2-3,8H,1H3,(H,13,14). The molecule has 2 nitrogen and oxygen atoms in total. The van der Waals surface area contributed by atoms with E-state index in [9.17, 15) is 18.0 Å². The van der Waals surface area contributed by atoms with Crippen LogP contribution in [0, 0.1) is 18.6 Å². The fourth-order valence-electron chi connectivity index (χ4n) is 1.08. The normalized spacial score (nSPS) is 12.6. The minimum absolute atomic E-state index is 0.265. The molecule has 1 atom stereocenters. The number of alkyl halides is 1. The van der Waals surface area contributed by atoms with E-state index in [1.807, 2.05) is 0 Å². The summed E-state index contributed by atoms with van der Waals surface area (Å²) in [6.07, 6.45) is -2.67. The molecule has 1 rings (SSSR count). The van der Waals surface area contributed by atoms with Crippen molar-refractivity contribution >= 4 is 5.97 Å². The lowest BCUT2D eigenvalue weighted by atomic mass is 10.1. The van der Waals surface area contributed by atoms with Gasteiger partial charge < -0.3 is 5.11 Å². The van der Waals surface area contributed by atoms with Crippen LogP contribution in [0.15, 0.2) is 12.1 Å². The van der Waals surface area contributed by atoms with Gasteiger partial charge in [-0.25, -0.2) is 18.0 Å². The van der Waals surface area contributed by atoms with Crippen molar-refractivity contribution in [2.45, 2.75) is 13.1 Å². The summed E-state index contributed by atoms with van der Waals surface area (Å²) in [6, 6.07) is 1.77. The average Bonchev–Trinajstić information content (AvgIpc) is 2.01. The molecule has 0 saturated heterocycles.